The van der Waals surface area contributed by atoms with E-state index >= 15 is 0 Å². The van der Waals surface area contributed by atoms with Gasteiger partial charge in [0.05, 0.1) is 16.4 Å². The van der Waals surface area contributed by atoms with E-state index in [4.69, 9.17) is 16.6 Å². The van der Waals surface area contributed by atoms with Crippen LogP contribution in [-0.4, -0.2) is 20.6 Å². The van der Waals surface area contributed by atoms with E-state index in [0.29, 0.717) is 5.25 Å². The molecule has 2 aromatic rings. The third-order valence-corrected chi connectivity index (χ3v) is 5.28. The van der Waals surface area contributed by atoms with E-state index in [1.54, 1.807) is 0 Å². The predicted octanol–water partition coefficient (Wildman–Crippen LogP) is 4.62. The number of hydrogen-bond donors (Lipinski definition) is 0. The molecule has 0 bridgehead atoms. The molecule has 0 radical (unpaired) electrons. The molecule has 2 heterocycles. The molecule has 3 rings (SSSR count). The molecule has 1 fully saturated rings. The Balaban J connectivity index is 1.97. The summed E-state index contributed by atoms with van der Waals surface area (Å²) in [5, 5.41) is 0.668. The summed E-state index contributed by atoms with van der Waals surface area (Å²) >= 11 is 8.41. The minimum Gasteiger partial charge on any atom is -0.326 e. The molecule has 1 aliphatic heterocycles. The number of nitrogens with zero attached hydrogens (tertiary/aromatic N) is 2. The van der Waals surface area contributed by atoms with Crippen molar-refractivity contribution in [3.05, 3.63) is 30.1 Å². The number of para-hydroxylation sites is 2. The van der Waals surface area contributed by atoms with Crippen LogP contribution in [0.25, 0.3) is 11.0 Å². The van der Waals surface area contributed by atoms with Crippen molar-refractivity contribution in [3.8, 4) is 0 Å². The largest absolute Gasteiger partial charge is 0.326 e. The molecule has 1 aromatic heterocycles. The first-order chi connectivity index (χ1) is 9.25. The van der Waals surface area contributed by atoms with Crippen molar-refractivity contribution >= 4 is 34.4 Å². The molecule has 2 atom stereocenters. The van der Waals surface area contributed by atoms with Gasteiger partial charge in [0.25, 0.3) is 0 Å². The Hall–Kier alpha value is -0.670. The summed E-state index contributed by atoms with van der Waals surface area (Å²) in [4.78, 5) is 4.70. The second-order valence-corrected chi connectivity index (χ2v) is 7.24. The lowest BCUT2D eigenvalue weighted by Gasteiger charge is -2.23. The van der Waals surface area contributed by atoms with Crippen molar-refractivity contribution in [1.29, 1.82) is 0 Å². The smallest absolute Gasteiger partial charge is 0.127 e. The first-order valence-corrected chi connectivity index (χ1v) is 8.45. The Morgan fingerprint density at radius 2 is 2.26 bits per heavy atom. The summed E-state index contributed by atoms with van der Waals surface area (Å²) in [6.45, 7) is 3.05. The van der Waals surface area contributed by atoms with Crippen LogP contribution >= 0.6 is 23.4 Å². The van der Waals surface area contributed by atoms with Crippen LogP contribution in [0.15, 0.2) is 24.3 Å². The van der Waals surface area contributed by atoms with Crippen molar-refractivity contribution in [1.82, 2.24) is 9.55 Å². The first kappa shape index (κ1) is 13.3. The van der Waals surface area contributed by atoms with Gasteiger partial charge in [0.15, 0.2) is 0 Å². The lowest BCUT2D eigenvalue weighted by Crippen LogP contribution is -2.18. The number of thioether (sulfide) groups is 1. The number of rotatable bonds is 3. The molecule has 0 saturated carbocycles. The summed E-state index contributed by atoms with van der Waals surface area (Å²) < 4.78 is 2.33. The normalized spacial score (nSPS) is 21.7. The summed E-state index contributed by atoms with van der Waals surface area (Å²) in [6.07, 6.45) is 4.04. The Bertz CT molecular complexity index is 558. The Morgan fingerprint density at radius 3 is 3.00 bits per heavy atom. The molecule has 4 heteroatoms. The van der Waals surface area contributed by atoms with E-state index in [1.807, 2.05) is 13.0 Å². The van der Waals surface area contributed by atoms with Gasteiger partial charge in [-0.3, -0.25) is 0 Å². The summed E-state index contributed by atoms with van der Waals surface area (Å²) in [5.41, 5.74) is 2.28. The number of fused-ring (bicyclic) bond motifs is 1. The predicted molar refractivity (Wildman–Crippen MR) is 84.1 cm³/mol. The van der Waals surface area contributed by atoms with E-state index in [1.165, 1.54) is 30.5 Å². The number of hydrogen-bond acceptors (Lipinski definition) is 2. The van der Waals surface area contributed by atoms with E-state index in [-0.39, 0.29) is 5.38 Å². The SMILES string of the molecule is CC(Cl)c1nc2ccccc2n1CC1CCCCS1. The van der Waals surface area contributed by atoms with Crippen LogP contribution in [0.5, 0.6) is 0 Å². The highest BCUT2D eigenvalue weighted by molar-refractivity contribution is 7.99. The van der Waals surface area contributed by atoms with Crippen molar-refractivity contribution < 1.29 is 0 Å². The molecule has 19 heavy (non-hydrogen) atoms. The van der Waals surface area contributed by atoms with E-state index in [0.717, 1.165) is 17.9 Å². The Kier molecular flexibility index (Phi) is 4.04. The lowest BCUT2D eigenvalue weighted by molar-refractivity contribution is 0.575. The molecular weight excluding hydrogens is 276 g/mol. The maximum absolute atomic E-state index is 6.31. The monoisotopic (exact) mass is 294 g/mol. The highest BCUT2D eigenvalue weighted by Crippen LogP contribution is 2.30. The van der Waals surface area contributed by atoms with Gasteiger partial charge in [-0.15, -0.1) is 11.6 Å². The fraction of sp³-hybridized carbons (Fsp3) is 0.533. The van der Waals surface area contributed by atoms with Crippen molar-refractivity contribution in [3.63, 3.8) is 0 Å². The average Bonchev–Trinajstić information content (AvgIpc) is 2.79. The highest BCUT2D eigenvalue weighted by atomic mass is 35.5. The van der Waals surface area contributed by atoms with Crippen LogP contribution in [0.3, 0.4) is 0 Å². The molecule has 0 amide bonds. The fourth-order valence-electron chi connectivity index (χ4n) is 2.74. The molecule has 1 aromatic carbocycles. The van der Waals surface area contributed by atoms with Crippen molar-refractivity contribution in [2.24, 2.45) is 0 Å². The molecule has 0 spiro atoms. The van der Waals surface area contributed by atoms with Gasteiger partial charge in [0.2, 0.25) is 0 Å². The summed E-state index contributed by atoms with van der Waals surface area (Å²) in [7, 11) is 0. The number of alkyl halides is 1. The molecule has 0 aliphatic carbocycles. The molecule has 2 nitrogen and oxygen atoms in total. The average molecular weight is 295 g/mol. The maximum Gasteiger partial charge on any atom is 0.127 e. The van der Waals surface area contributed by atoms with Crippen LogP contribution in [0.4, 0.5) is 0 Å². The van der Waals surface area contributed by atoms with Crippen LogP contribution in [-0.2, 0) is 6.54 Å². The van der Waals surface area contributed by atoms with Gasteiger partial charge < -0.3 is 4.57 Å². The summed E-state index contributed by atoms with van der Waals surface area (Å²) in [5.74, 6) is 2.30. The molecular formula is C15H19ClN2S. The van der Waals surface area contributed by atoms with Crippen LogP contribution < -0.4 is 0 Å². The third-order valence-electron chi connectivity index (χ3n) is 3.70. The minimum atomic E-state index is -0.0407. The maximum atomic E-state index is 6.31. The standard InChI is InChI=1S/C15H19ClN2S/c1-11(16)15-17-13-7-2-3-8-14(13)18(15)10-12-6-4-5-9-19-12/h2-3,7-8,11-12H,4-6,9-10H2,1H3. The van der Waals surface area contributed by atoms with Crippen LogP contribution in [0, 0.1) is 0 Å². The van der Waals surface area contributed by atoms with Crippen LogP contribution in [0.2, 0.25) is 0 Å². The quantitative estimate of drug-likeness (QED) is 0.769. The molecule has 1 aliphatic rings. The zero-order valence-electron chi connectivity index (χ0n) is 11.2. The zero-order valence-corrected chi connectivity index (χ0v) is 12.8. The molecule has 1 saturated heterocycles. The molecule has 0 N–H and O–H groups in total. The number of benzene rings is 1. The van der Waals surface area contributed by atoms with E-state index in [2.05, 4.69) is 34.5 Å². The van der Waals surface area contributed by atoms with Gasteiger partial charge >= 0.3 is 0 Å². The lowest BCUT2D eigenvalue weighted by atomic mass is 10.2. The van der Waals surface area contributed by atoms with Gasteiger partial charge in [0.1, 0.15) is 5.82 Å². The molecule has 2 unspecified atom stereocenters. The van der Waals surface area contributed by atoms with Crippen molar-refractivity contribution in [2.75, 3.05) is 5.75 Å². The Morgan fingerprint density at radius 1 is 1.42 bits per heavy atom. The van der Waals surface area contributed by atoms with Gasteiger partial charge in [-0.05, 0) is 37.7 Å². The van der Waals surface area contributed by atoms with E-state index in [9.17, 15) is 0 Å². The third kappa shape index (κ3) is 2.77. The Labute approximate surface area is 123 Å². The minimum absolute atomic E-state index is 0.0407. The van der Waals surface area contributed by atoms with Gasteiger partial charge in [-0.25, -0.2) is 4.98 Å². The topological polar surface area (TPSA) is 17.8 Å². The van der Waals surface area contributed by atoms with Gasteiger partial charge in [-0.1, -0.05) is 18.6 Å². The highest BCUT2D eigenvalue weighted by Gasteiger charge is 2.20. The van der Waals surface area contributed by atoms with Gasteiger partial charge in [0, 0.05) is 11.8 Å². The van der Waals surface area contributed by atoms with Crippen LogP contribution in [0.1, 0.15) is 37.4 Å². The number of imidazole rings is 1. The fourth-order valence-corrected chi connectivity index (χ4v) is 4.20. The second kappa shape index (κ2) is 5.76. The van der Waals surface area contributed by atoms with Crippen molar-refractivity contribution in [2.45, 2.75) is 43.4 Å². The first-order valence-electron chi connectivity index (χ1n) is 6.96. The van der Waals surface area contributed by atoms with E-state index < -0.39 is 0 Å². The van der Waals surface area contributed by atoms with Gasteiger partial charge in [-0.2, -0.15) is 11.8 Å². The summed E-state index contributed by atoms with van der Waals surface area (Å²) in [6, 6.07) is 8.34. The number of halogens is 1. The zero-order chi connectivity index (χ0) is 13.2. The second-order valence-electron chi connectivity index (χ2n) is 5.17. The number of aromatic nitrogens is 2. The molecule has 102 valence electrons.